The van der Waals surface area contributed by atoms with E-state index in [1.54, 1.807) is 5.32 Å². The first-order chi connectivity index (χ1) is 3.68. The maximum Gasteiger partial charge on any atom is 0.254 e. The van der Waals surface area contributed by atoms with Gasteiger partial charge in [-0.25, -0.2) is 0 Å². The molecule has 0 saturated heterocycles. The number of carbonyl (C=O) groups excluding carboxylic acids is 2. The Balaban J connectivity index is 3.48. The van der Waals surface area contributed by atoms with E-state index in [0.717, 1.165) is 0 Å². The number of aliphatic hydroxyl groups excluding tert-OH is 1. The van der Waals surface area contributed by atoms with Crippen molar-refractivity contribution in [3.8, 4) is 0 Å². The summed E-state index contributed by atoms with van der Waals surface area (Å²) in [6.07, 6.45) is -0.880. The minimum Gasteiger partial charge on any atom is -0.384 e. The van der Waals surface area contributed by atoms with Crippen molar-refractivity contribution in [1.82, 2.24) is 5.32 Å². The van der Waals surface area contributed by atoms with Gasteiger partial charge in [-0.2, -0.15) is 0 Å². The summed E-state index contributed by atoms with van der Waals surface area (Å²) in [5.41, 5.74) is 0. The summed E-state index contributed by atoms with van der Waals surface area (Å²) < 4.78 is 0. The second kappa shape index (κ2) is 3.15. The molecule has 46 valence electrons. The molecule has 0 fully saturated rings. The van der Waals surface area contributed by atoms with Crippen LogP contribution in [0.1, 0.15) is 6.92 Å². The Morgan fingerprint density at radius 1 is 1.88 bits per heavy atom. The second-order valence-electron chi connectivity index (χ2n) is 1.30. The highest BCUT2D eigenvalue weighted by atomic mass is 16.3. The quantitative estimate of drug-likeness (QED) is 0.439. The van der Waals surface area contributed by atoms with Crippen LogP contribution < -0.4 is 5.32 Å². The summed E-state index contributed by atoms with van der Waals surface area (Å²) in [7, 11) is 0. The maximum absolute atomic E-state index is 10.2. The molecule has 2 amide bonds. The van der Waals surface area contributed by atoms with Gasteiger partial charge in [-0.15, -0.1) is 0 Å². The molecule has 0 spiro atoms. The topological polar surface area (TPSA) is 66.4 Å². The van der Waals surface area contributed by atoms with Gasteiger partial charge in [0.25, 0.3) is 5.91 Å². The number of rotatable bonds is 2. The van der Waals surface area contributed by atoms with Crippen molar-refractivity contribution in [3.05, 3.63) is 0 Å². The molecule has 0 radical (unpaired) electrons. The first kappa shape index (κ1) is 7.10. The molecule has 0 saturated carbocycles. The van der Waals surface area contributed by atoms with Crippen LogP contribution in [0.4, 0.5) is 0 Å². The molecule has 0 aromatic carbocycles. The lowest BCUT2D eigenvalue weighted by Crippen LogP contribution is -2.31. The van der Waals surface area contributed by atoms with Crippen molar-refractivity contribution in [2.45, 2.75) is 13.0 Å². The third-order valence-corrected chi connectivity index (χ3v) is 0.581. The van der Waals surface area contributed by atoms with Crippen molar-refractivity contribution in [1.29, 1.82) is 0 Å². The highest BCUT2D eigenvalue weighted by Crippen LogP contribution is 1.74. The summed E-state index contributed by atoms with van der Waals surface area (Å²) in [5, 5.41) is 10.2. The molecule has 1 unspecified atom stereocenters. The first-order valence-electron chi connectivity index (χ1n) is 2.10. The van der Waals surface area contributed by atoms with Gasteiger partial charge in [0, 0.05) is 0 Å². The number of nitrogens with one attached hydrogen (secondary N) is 1. The Kier molecular flexibility index (Phi) is 2.79. The van der Waals surface area contributed by atoms with Gasteiger partial charge >= 0.3 is 0 Å². The van der Waals surface area contributed by atoms with Crippen LogP contribution in [0.15, 0.2) is 0 Å². The summed E-state index contributed by atoms with van der Waals surface area (Å²) in [4.78, 5) is 19.6. The van der Waals surface area contributed by atoms with E-state index in [4.69, 9.17) is 5.11 Å². The molecule has 0 aliphatic rings. The van der Waals surface area contributed by atoms with E-state index in [1.165, 1.54) is 6.92 Å². The second-order valence-corrected chi connectivity index (χ2v) is 1.30. The highest BCUT2D eigenvalue weighted by Gasteiger charge is 2.04. The lowest BCUT2D eigenvalue weighted by molar-refractivity contribution is -0.131. The molecule has 0 aromatic heterocycles. The molecule has 0 bridgehead atoms. The largest absolute Gasteiger partial charge is 0.384 e. The van der Waals surface area contributed by atoms with Gasteiger partial charge in [-0.3, -0.25) is 14.9 Å². The molecule has 4 nitrogen and oxygen atoms in total. The van der Waals surface area contributed by atoms with Crippen LogP contribution in [-0.4, -0.2) is 23.5 Å². The molecule has 0 heterocycles. The predicted molar refractivity (Wildman–Crippen MR) is 25.9 cm³/mol. The molecular formula is C4H7NO3. The van der Waals surface area contributed by atoms with E-state index in [9.17, 15) is 9.59 Å². The smallest absolute Gasteiger partial charge is 0.254 e. The molecule has 0 aliphatic carbocycles. The zero-order valence-electron chi connectivity index (χ0n) is 4.42. The average molecular weight is 117 g/mol. The van der Waals surface area contributed by atoms with Crippen LogP contribution in [0.2, 0.25) is 0 Å². The van der Waals surface area contributed by atoms with Crippen LogP contribution in [-0.2, 0) is 9.59 Å². The maximum atomic E-state index is 10.2. The normalized spacial score (nSPS) is 12.2. The van der Waals surface area contributed by atoms with Crippen molar-refractivity contribution in [3.63, 3.8) is 0 Å². The fourth-order valence-corrected chi connectivity index (χ4v) is 0.179. The van der Waals surface area contributed by atoms with Crippen LogP contribution in [0, 0.1) is 0 Å². The van der Waals surface area contributed by atoms with Crippen LogP contribution >= 0.6 is 0 Å². The number of amides is 2. The molecule has 0 aromatic rings. The van der Waals surface area contributed by atoms with E-state index < -0.39 is 12.0 Å². The number of hydrogen-bond acceptors (Lipinski definition) is 3. The molecule has 4 heteroatoms. The van der Waals surface area contributed by atoms with Crippen LogP contribution in [0.25, 0.3) is 0 Å². The molecule has 0 rings (SSSR count). The number of hydrogen-bond donors (Lipinski definition) is 2. The third-order valence-electron chi connectivity index (χ3n) is 0.581. The molecule has 2 N–H and O–H groups in total. The van der Waals surface area contributed by atoms with E-state index in [0.29, 0.717) is 0 Å². The minimum absolute atomic E-state index is 0.231. The Hall–Kier alpha value is -0.900. The summed E-state index contributed by atoms with van der Waals surface area (Å²) in [5.74, 6) is -0.681. The van der Waals surface area contributed by atoms with Gasteiger partial charge in [-0.05, 0) is 6.92 Å². The monoisotopic (exact) mass is 117 g/mol. The first-order valence-corrected chi connectivity index (χ1v) is 2.10. The standard InChI is InChI=1S/C4H7NO3/c1-3(7)4(8)5-2-6/h2-3,7H,1H3,(H,5,6,8). The summed E-state index contributed by atoms with van der Waals surface area (Å²) in [6.45, 7) is 1.28. The Morgan fingerprint density at radius 3 is 2.50 bits per heavy atom. The summed E-state index contributed by atoms with van der Waals surface area (Å²) >= 11 is 0. The average Bonchev–Trinajstić information content (AvgIpc) is 1.67. The van der Waals surface area contributed by atoms with Gasteiger partial charge in [0.1, 0.15) is 6.10 Å². The zero-order chi connectivity index (χ0) is 6.57. The van der Waals surface area contributed by atoms with E-state index in [2.05, 4.69) is 0 Å². The lowest BCUT2D eigenvalue weighted by atomic mass is 10.4. The lowest BCUT2D eigenvalue weighted by Gasteiger charge is -1.97. The van der Waals surface area contributed by atoms with E-state index >= 15 is 0 Å². The summed E-state index contributed by atoms with van der Waals surface area (Å²) in [6, 6.07) is 0. The minimum atomic E-state index is -1.11. The number of carbonyl (C=O) groups is 2. The Morgan fingerprint density at radius 2 is 2.38 bits per heavy atom. The number of imide groups is 1. The molecule has 0 aliphatic heterocycles. The van der Waals surface area contributed by atoms with Crippen molar-refractivity contribution in [2.24, 2.45) is 0 Å². The van der Waals surface area contributed by atoms with Gasteiger partial charge in [-0.1, -0.05) is 0 Å². The van der Waals surface area contributed by atoms with Crippen LogP contribution in [0.5, 0.6) is 0 Å². The molecule has 1 atom stereocenters. The SMILES string of the molecule is CC(O)C(=O)NC=O. The van der Waals surface area contributed by atoms with Crippen molar-refractivity contribution >= 4 is 12.3 Å². The van der Waals surface area contributed by atoms with Gasteiger partial charge in [0.2, 0.25) is 6.41 Å². The molecule has 8 heavy (non-hydrogen) atoms. The Bertz CT molecular complexity index is 99.5. The van der Waals surface area contributed by atoms with E-state index in [-0.39, 0.29) is 6.41 Å². The molecular weight excluding hydrogens is 110 g/mol. The fourth-order valence-electron chi connectivity index (χ4n) is 0.179. The predicted octanol–water partition coefficient (Wildman–Crippen LogP) is -1.36. The van der Waals surface area contributed by atoms with Gasteiger partial charge in [0.15, 0.2) is 0 Å². The highest BCUT2D eigenvalue weighted by molar-refractivity contribution is 5.88. The fraction of sp³-hybridized carbons (Fsp3) is 0.500. The van der Waals surface area contributed by atoms with Crippen molar-refractivity contribution < 1.29 is 14.7 Å². The van der Waals surface area contributed by atoms with Crippen LogP contribution in [0.3, 0.4) is 0 Å². The third kappa shape index (κ3) is 2.30. The van der Waals surface area contributed by atoms with Gasteiger partial charge in [0.05, 0.1) is 0 Å². The number of aliphatic hydroxyl groups is 1. The van der Waals surface area contributed by atoms with Crippen molar-refractivity contribution in [2.75, 3.05) is 0 Å². The zero-order valence-corrected chi connectivity index (χ0v) is 4.42. The van der Waals surface area contributed by atoms with E-state index in [1.807, 2.05) is 0 Å². The van der Waals surface area contributed by atoms with Gasteiger partial charge < -0.3 is 5.11 Å². The Labute approximate surface area is 46.5 Å².